The average Bonchev–Trinajstić information content (AvgIpc) is 3.29. The molecular weight excluding hydrogens is 280 g/mol. The summed E-state index contributed by atoms with van der Waals surface area (Å²) >= 11 is 0. The summed E-state index contributed by atoms with van der Waals surface area (Å²) in [6.45, 7) is 5.49. The van der Waals surface area contributed by atoms with Gasteiger partial charge in [0.2, 0.25) is 11.7 Å². The highest BCUT2D eigenvalue weighted by molar-refractivity contribution is 5.44. The summed E-state index contributed by atoms with van der Waals surface area (Å²) < 4.78 is 10.7. The van der Waals surface area contributed by atoms with E-state index < -0.39 is 0 Å². The van der Waals surface area contributed by atoms with E-state index in [1.807, 2.05) is 12.1 Å². The highest BCUT2D eigenvalue weighted by Gasteiger charge is 2.27. The van der Waals surface area contributed by atoms with Crippen molar-refractivity contribution in [3.8, 4) is 11.6 Å². The minimum absolute atomic E-state index is 0.535. The fraction of sp³-hybridized carbons (Fsp3) is 0.625. The zero-order valence-corrected chi connectivity index (χ0v) is 12.8. The number of piperidine rings is 1. The fourth-order valence-electron chi connectivity index (χ4n) is 3.60. The number of furan rings is 1. The van der Waals surface area contributed by atoms with Gasteiger partial charge in [-0.05, 0) is 57.5 Å². The molecule has 4 rings (SSSR count). The van der Waals surface area contributed by atoms with Crippen LogP contribution in [0.4, 0.5) is 0 Å². The lowest BCUT2D eigenvalue weighted by Crippen LogP contribution is -2.46. The molecule has 22 heavy (non-hydrogen) atoms. The molecule has 0 saturated carbocycles. The molecule has 0 aromatic carbocycles. The fourth-order valence-corrected chi connectivity index (χ4v) is 3.60. The summed E-state index contributed by atoms with van der Waals surface area (Å²) in [6, 6.07) is 4.37. The van der Waals surface area contributed by atoms with Gasteiger partial charge in [-0.3, -0.25) is 9.80 Å². The van der Waals surface area contributed by atoms with Crippen molar-refractivity contribution in [3.63, 3.8) is 0 Å². The molecule has 6 heteroatoms. The lowest BCUT2D eigenvalue weighted by atomic mass is 10.0. The van der Waals surface area contributed by atoms with E-state index in [0.717, 1.165) is 19.6 Å². The van der Waals surface area contributed by atoms with Crippen molar-refractivity contribution >= 4 is 0 Å². The van der Waals surface area contributed by atoms with Crippen LogP contribution < -0.4 is 0 Å². The molecule has 2 saturated heterocycles. The Bertz CT molecular complexity index is 589. The first-order chi connectivity index (χ1) is 10.9. The van der Waals surface area contributed by atoms with Crippen LogP contribution in [-0.2, 0) is 6.54 Å². The molecule has 2 aliphatic rings. The molecule has 0 amide bonds. The van der Waals surface area contributed by atoms with E-state index in [2.05, 4.69) is 19.9 Å². The maximum Gasteiger partial charge on any atom is 0.241 e. The van der Waals surface area contributed by atoms with Crippen LogP contribution in [-0.4, -0.2) is 52.2 Å². The second kappa shape index (κ2) is 6.22. The predicted octanol–water partition coefficient (Wildman–Crippen LogP) is 2.39. The molecule has 2 aliphatic heterocycles. The van der Waals surface area contributed by atoms with Gasteiger partial charge in [0.15, 0.2) is 5.76 Å². The molecule has 0 aliphatic carbocycles. The maximum atomic E-state index is 5.38. The van der Waals surface area contributed by atoms with Gasteiger partial charge < -0.3 is 8.94 Å². The number of hydrogen-bond acceptors (Lipinski definition) is 6. The average molecular weight is 302 g/mol. The third-order valence-corrected chi connectivity index (χ3v) is 4.71. The molecule has 1 atom stereocenters. The molecule has 2 aromatic rings. The zero-order valence-electron chi connectivity index (χ0n) is 12.8. The molecule has 118 valence electrons. The number of likely N-dealkylation sites (tertiary alicyclic amines) is 2. The number of nitrogens with zero attached hydrogens (tertiary/aromatic N) is 4. The van der Waals surface area contributed by atoms with E-state index in [4.69, 9.17) is 8.94 Å². The first kappa shape index (κ1) is 14.0. The van der Waals surface area contributed by atoms with Gasteiger partial charge in [-0.15, -0.1) is 0 Å². The number of aromatic nitrogens is 2. The van der Waals surface area contributed by atoms with Crippen molar-refractivity contribution in [2.24, 2.45) is 0 Å². The highest BCUT2D eigenvalue weighted by atomic mass is 16.5. The summed E-state index contributed by atoms with van der Waals surface area (Å²) in [7, 11) is 0. The monoisotopic (exact) mass is 302 g/mol. The minimum Gasteiger partial charge on any atom is -0.461 e. The lowest BCUT2D eigenvalue weighted by Gasteiger charge is -2.36. The highest BCUT2D eigenvalue weighted by Crippen LogP contribution is 2.22. The van der Waals surface area contributed by atoms with Gasteiger partial charge in [0.1, 0.15) is 0 Å². The largest absolute Gasteiger partial charge is 0.461 e. The second-order valence-corrected chi connectivity index (χ2v) is 6.26. The Balaban J connectivity index is 1.38. The van der Waals surface area contributed by atoms with Crippen molar-refractivity contribution in [1.82, 2.24) is 19.9 Å². The van der Waals surface area contributed by atoms with Gasteiger partial charge in [0, 0.05) is 12.6 Å². The molecule has 0 N–H and O–H groups in total. The topological polar surface area (TPSA) is 58.5 Å². The first-order valence-corrected chi connectivity index (χ1v) is 8.21. The molecule has 0 radical (unpaired) electrons. The third kappa shape index (κ3) is 2.94. The van der Waals surface area contributed by atoms with Gasteiger partial charge in [-0.2, -0.15) is 4.98 Å². The van der Waals surface area contributed by atoms with Crippen LogP contribution in [0.5, 0.6) is 0 Å². The first-order valence-electron chi connectivity index (χ1n) is 8.21. The van der Waals surface area contributed by atoms with Gasteiger partial charge in [-0.25, -0.2) is 0 Å². The van der Waals surface area contributed by atoms with E-state index in [-0.39, 0.29) is 0 Å². The third-order valence-electron chi connectivity index (χ3n) is 4.71. The predicted molar refractivity (Wildman–Crippen MR) is 81.1 cm³/mol. The normalized spacial score (nSPS) is 24.1. The van der Waals surface area contributed by atoms with E-state index in [9.17, 15) is 0 Å². The van der Waals surface area contributed by atoms with Gasteiger partial charge in [0.05, 0.1) is 12.8 Å². The molecule has 2 aromatic heterocycles. The Morgan fingerprint density at radius 1 is 1.18 bits per heavy atom. The summed E-state index contributed by atoms with van der Waals surface area (Å²) in [4.78, 5) is 9.53. The van der Waals surface area contributed by atoms with E-state index in [0.29, 0.717) is 23.5 Å². The second-order valence-electron chi connectivity index (χ2n) is 6.26. The Hall–Kier alpha value is -1.66. The van der Waals surface area contributed by atoms with Gasteiger partial charge in [0.25, 0.3) is 0 Å². The molecule has 6 nitrogen and oxygen atoms in total. The Morgan fingerprint density at radius 2 is 2.09 bits per heavy atom. The molecule has 0 spiro atoms. The molecular formula is C16H22N4O2. The summed E-state index contributed by atoms with van der Waals surface area (Å²) in [5.74, 6) is 1.87. The minimum atomic E-state index is 0.535. The SMILES string of the molecule is c1coc(-c2noc(CN3CCC[C@@H](N4CCCC4)C3)n2)c1. The molecule has 4 heterocycles. The van der Waals surface area contributed by atoms with Crippen molar-refractivity contribution in [3.05, 3.63) is 24.3 Å². The van der Waals surface area contributed by atoms with Crippen LogP contribution in [0.3, 0.4) is 0 Å². The molecule has 0 bridgehead atoms. The van der Waals surface area contributed by atoms with Crippen molar-refractivity contribution in [2.45, 2.75) is 38.3 Å². The van der Waals surface area contributed by atoms with Crippen molar-refractivity contribution in [1.29, 1.82) is 0 Å². The standard InChI is InChI=1S/C16H22N4O2/c1-2-9-20(8-1)13-5-3-7-19(11-13)12-15-17-16(18-22-15)14-6-4-10-21-14/h4,6,10,13H,1-3,5,7-9,11-12H2/t13-/m1/s1. The Morgan fingerprint density at radius 3 is 2.91 bits per heavy atom. The number of hydrogen-bond donors (Lipinski definition) is 0. The summed E-state index contributed by atoms with van der Waals surface area (Å²) in [5.41, 5.74) is 0. The van der Waals surface area contributed by atoms with Crippen LogP contribution >= 0.6 is 0 Å². The van der Waals surface area contributed by atoms with E-state index >= 15 is 0 Å². The van der Waals surface area contributed by atoms with Crippen molar-refractivity contribution in [2.75, 3.05) is 26.2 Å². The van der Waals surface area contributed by atoms with Crippen LogP contribution in [0.25, 0.3) is 11.6 Å². The Kier molecular flexibility index (Phi) is 3.95. The van der Waals surface area contributed by atoms with Crippen molar-refractivity contribution < 1.29 is 8.94 Å². The number of rotatable bonds is 4. The van der Waals surface area contributed by atoms with Crippen LogP contribution in [0.2, 0.25) is 0 Å². The summed E-state index contributed by atoms with van der Waals surface area (Å²) in [6.07, 6.45) is 6.90. The maximum absolute atomic E-state index is 5.38. The van der Waals surface area contributed by atoms with E-state index in [1.54, 1.807) is 6.26 Å². The van der Waals surface area contributed by atoms with Crippen LogP contribution in [0.1, 0.15) is 31.6 Å². The molecule has 2 fully saturated rings. The smallest absolute Gasteiger partial charge is 0.241 e. The summed E-state index contributed by atoms with van der Waals surface area (Å²) in [5, 5.41) is 4.00. The van der Waals surface area contributed by atoms with Crippen LogP contribution in [0.15, 0.2) is 27.3 Å². The Labute approximate surface area is 130 Å². The molecule has 0 unspecified atom stereocenters. The quantitative estimate of drug-likeness (QED) is 0.864. The van der Waals surface area contributed by atoms with Gasteiger partial charge >= 0.3 is 0 Å². The zero-order chi connectivity index (χ0) is 14.8. The van der Waals surface area contributed by atoms with E-state index in [1.165, 1.54) is 38.8 Å². The van der Waals surface area contributed by atoms with Gasteiger partial charge in [-0.1, -0.05) is 5.16 Å². The van der Waals surface area contributed by atoms with Crippen LogP contribution in [0, 0.1) is 0 Å². The lowest BCUT2D eigenvalue weighted by molar-refractivity contribution is 0.102.